The van der Waals surface area contributed by atoms with Crippen molar-refractivity contribution in [3.8, 4) is 0 Å². The van der Waals surface area contributed by atoms with Crippen LogP contribution in [0.25, 0.3) is 10.2 Å². The molecule has 0 N–H and O–H groups in total. The minimum Gasteiger partial charge on any atom is -0.255 e. The molecule has 0 spiro atoms. The average molecular weight is 220 g/mol. The van der Waals surface area contributed by atoms with Crippen molar-refractivity contribution in [2.75, 3.05) is 0 Å². The van der Waals surface area contributed by atoms with Crippen LogP contribution in [-0.4, -0.2) is 4.98 Å². The van der Waals surface area contributed by atoms with Gasteiger partial charge in [-0.1, -0.05) is 0 Å². The molecule has 0 aliphatic rings. The molecule has 2 aromatic rings. The Balaban J connectivity index is 0.000000720. The number of hydrogen-bond acceptors (Lipinski definition) is 2. The third-order valence-corrected chi connectivity index (χ3v) is 2.68. The van der Waals surface area contributed by atoms with E-state index in [2.05, 4.69) is 11.1 Å². The number of hydrogen-bond donors (Lipinski definition) is 0. The lowest BCUT2D eigenvalue weighted by molar-refractivity contribution is 1.31. The maximum Gasteiger partial charge on any atom is 0.0809 e. The molecule has 0 aromatic carbocycles. The second-order valence-electron chi connectivity index (χ2n) is 2.28. The number of aromatic nitrogens is 1. The highest BCUT2D eigenvalue weighted by Gasteiger charge is 1.96. The van der Waals surface area contributed by atoms with Crippen molar-refractivity contribution in [1.82, 2.24) is 4.98 Å². The van der Waals surface area contributed by atoms with Crippen LogP contribution in [0.4, 0.5) is 0 Å². The fourth-order valence-electron chi connectivity index (χ4n) is 0.960. The number of halogens is 2. The molecule has 0 fully saturated rings. The van der Waals surface area contributed by atoms with Crippen LogP contribution >= 0.6 is 35.3 Å². The first-order valence-electron chi connectivity index (χ1n) is 3.28. The fraction of sp³-hybridized carbons (Fsp3) is 0.125. The van der Waals surface area contributed by atoms with Crippen LogP contribution in [-0.2, 0) is 5.88 Å². The molecule has 0 aliphatic heterocycles. The third kappa shape index (κ3) is 1.71. The second-order valence-corrected chi connectivity index (χ2v) is 3.50. The summed E-state index contributed by atoms with van der Waals surface area (Å²) in [5.41, 5.74) is 2.14. The van der Waals surface area contributed by atoms with Gasteiger partial charge >= 0.3 is 0 Å². The molecular weight excluding hydrogens is 213 g/mol. The Bertz CT molecular complexity index is 372. The van der Waals surface area contributed by atoms with Crippen molar-refractivity contribution in [2.45, 2.75) is 5.88 Å². The summed E-state index contributed by atoms with van der Waals surface area (Å²) < 4.78 is 1.21. The average Bonchev–Trinajstić information content (AvgIpc) is 2.50. The van der Waals surface area contributed by atoms with Crippen LogP contribution in [0.3, 0.4) is 0 Å². The Morgan fingerprint density at radius 1 is 1.50 bits per heavy atom. The Kier molecular flexibility index (Phi) is 3.32. The Morgan fingerprint density at radius 2 is 2.33 bits per heavy atom. The molecule has 0 saturated carbocycles. The first kappa shape index (κ1) is 9.78. The first-order valence-corrected chi connectivity index (χ1v) is 4.69. The molecule has 0 radical (unpaired) electrons. The number of fused-ring (bicyclic) bond motifs is 1. The fourth-order valence-corrected chi connectivity index (χ4v) is 1.91. The zero-order valence-electron chi connectivity index (χ0n) is 6.16. The molecule has 2 rings (SSSR count). The van der Waals surface area contributed by atoms with E-state index in [4.69, 9.17) is 11.6 Å². The lowest BCUT2D eigenvalue weighted by Crippen LogP contribution is -1.78. The molecule has 4 heteroatoms. The van der Waals surface area contributed by atoms with E-state index < -0.39 is 0 Å². The molecule has 0 amide bonds. The van der Waals surface area contributed by atoms with Crippen molar-refractivity contribution >= 4 is 45.6 Å². The summed E-state index contributed by atoms with van der Waals surface area (Å²) in [6.07, 6.45) is 1.82. The van der Waals surface area contributed by atoms with Gasteiger partial charge in [-0.05, 0) is 23.1 Å². The van der Waals surface area contributed by atoms with Gasteiger partial charge in [0.15, 0.2) is 0 Å². The van der Waals surface area contributed by atoms with Crippen LogP contribution in [0.5, 0.6) is 0 Å². The smallest absolute Gasteiger partial charge is 0.0809 e. The van der Waals surface area contributed by atoms with E-state index in [0.717, 1.165) is 11.1 Å². The van der Waals surface area contributed by atoms with Crippen LogP contribution in [0.1, 0.15) is 5.56 Å². The number of rotatable bonds is 1. The van der Waals surface area contributed by atoms with Crippen LogP contribution in [0.15, 0.2) is 23.7 Å². The summed E-state index contributed by atoms with van der Waals surface area (Å²) in [5, 5.41) is 2.04. The normalized spacial score (nSPS) is 9.75. The summed E-state index contributed by atoms with van der Waals surface area (Å²) in [4.78, 5) is 4.24. The predicted molar refractivity (Wildman–Crippen MR) is 56.4 cm³/mol. The van der Waals surface area contributed by atoms with Gasteiger partial charge in [-0.15, -0.1) is 35.3 Å². The summed E-state index contributed by atoms with van der Waals surface area (Å²) in [5.74, 6) is 0.543. The molecule has 0 aliphatic carbocycles. The van der Waals surface area contributed by atoms with E-state index in [0.29, 0.717) is 5.88 Å². The van der Waals surface area contributed by atoms with Crippen LogP contribution in [0, 0.1) is 0 Å². The topological polar surface area (TPSA) is 12.9 Å². The van der Waals surface area contributed by atoms with Crippen molar-refractivity contribution in [3.63, 3.8) is 0 Å². The molecule has 12 heavy (non-hydrogen) atoms. The van der Waals surface area contributed by atoms with Gasteiger partial charge in [-0.2, -0.15) is 0 Å². The highest BCUT2D eigenvalue weighted by Crippen LogP contribution is 2.19. The van der Waals surface area contributed by atoms with Gasteiger partial charge in [-0.3, -0.25) is 4.98 Å². The summed E-state index contributed by atoms with van der Waals surface area (Å²) in [6, 6.07) is 4.10. The number of pyridine rings is 1. The Morgan fingerprint density at radius 3 is 3.08 bits per heavy atom. The molecule has 0 saturated heterocycles. The van der Waals surface area contributed by atoms with E-state index >= 15 is 0 Å². The van der Waals surface area contributed by atoms with Crippen LogP contribution < -0.4 is 0 Å². The minimum atomic E-state index is 0. The number of nitrogens with zero attached hydrogens (tertiary/aromatic N) is 1. The lowest BCUT2D eigenvalue weighted by atomic mass is 10.3. The van der Waals surface area contributed by atoms with Gasteiger partial charge in [0.1, 0.15) is 0 Å². The quantitative estimate of drug-likeness (QED) is 0.670. The Hall–Kier alpha value is -0.310. The third-order valence-electron chi connectivity index (χ3n) is 1.51. The first-order chi connectivity index (χ1) is 5.40. The van der Waals surface area contributed by atoms with Gasteiger partial charge in [0.25, 0.3) is 0 Å². The SMILES string of the molecule is Cl.ClCc1cnc2ccsc2c1. The summed E-state index contributed by atoms with van der Waals surface area (Å²) in [7, 11) is 0. The largest absolute Gasteiger partial charge is 0.255 e. The number of thiophene rings is 1. The summed E-state index contributed by atoms with van der Waals surface area (Å²) in [6.45, 7) is 0. The second kappa shape index (κ2) is 4.08. The molecule has 0 bridgehead atoms. The zero-order valence-corrected chi connectivity index (χ0v) is 8.55. The van der Waals surface area contributed by atoms with Crippen molar-refractivity contribution < 1.29 is 0 Å². The monoisotopic (exact) mass is 219 g/mol. The van der Waals surface area contributed by atoms with Crippen LogP contribution in [0.2, 0.25) is 0 Å². The molecule has 0 unspecified atom stereocenters. The molecule has 64 valence electrons. The highest BCUT2D eigenvalue weighted by molar-refractivity contribution is 7.17. The maximum absolute atomic E-state index is 5.66. The molecule has 2 aromatic heterocycles. The number of alkyl halides is 1. The molecule has 0 atom stereocenters. The van der Waals surface area contributed by atoms with E-state index in [9.17, 15) is 0 Å². The lowest BCUT2D eigenvalue weighted by Gasteiger charge is -1.92. The van der Waals surface area contributed by atoms with Gasteiger partial charge in [0.05, 0.1) is 10.2 Å². The van der Waals surface area contributed by atoms with Gasteiger partial charge in [0, 0.05) is 12.1 Å². The zero-order chi connectivity index (χ0) is 7.68. The van der Waals surface area contributed by atoms with E-state index in [1.54, 1.807) is 11.3 Å². The van der Waals surface area contributed by atoms with E-state index in [1.165, 1.54) is 4.70 Å². The maximum atomic E-state index is 5.66. The van der Waals surface area contributed by atoms with Gasteiger partial charge in [0.2, 0.25) is 0 Å². The molecular formula is C8H7Cl2NS. The highest BCUT2D eigenvalue weighted by atomic mass is 35.5. The minimum absolute atomic E-state index is 0. The van der Waals surface area contributed by atoms with Crippen molar-refractivity contribution in [2.24, 2.45) is 0 Å². The van der Waals surface area contributed by atoms with E-state index in [-0.39, 0.29) is 12.4 Å². The Labute approximate surface area is 85.8 Å². The van der Waals surface area contributed by atoms with Crippen molar-refractivity contribution in [1.29, 1.82) is 0 Å². The predicted octanol–water partition coefficient (Wildman–Crippen LogP) is 3.46. The van der Waals surface area contributed by atoms with Gasteiger partial charge < -0.3 is 0 Å². The summed E-state index contributed by atoms with van der Waals surface area (Å²) >= 11 is 7.35. The standard InChI is InChI=1S/C8H6ClNS.ClH/c9-4-6-3-8-7(10-5-6)1-2-11-8;/h1-3,5H,4H2;1H. The molecule has 1 nitrogen and oxygen atoms in total. The van der Waals surface area contributed by atoms with Crippen molar-refractivity contribution in [3.05, 3.63) is 29.3 Å². The van der Waals surface area contributed by atoms with Gasteiger partial charge in [-0.25, -0.2) is 0 Å². The molecule has 2 heterocycles. The van der Waals surface area contributed by atoms with E-state index in [1.807, 2.05) is 17.6 Å².